The highest BCUT2D eigenvalue weighted by Gasteiger charge is 2.31. The number of hydrogen-bond donors (Lipinski definition) is 1. The van der Waals surface area contributed by atoms with Gasteiger partial charge in [0.05, 0.1) is 12.2 Å². The second-order valence-corrected chi connectivity index (χ2v) is 11.0. The van der Waals surface area contributed by atoms with Gasteiger partial charge in [0.1, 0.15) is 18.2 Å². The number of anilines is 1. The number of urea groups is 1. The van der Waals surface area contributed by atoms with Gasteiger partial charge in [0, 0.05) is 23.5 Å². The van der Waals surface area contributed by atoms with Gasteiger partial charge in [-0.25, -0.2) is 18.9 Å². The predicted octanol–water partition coefficient (Wildman–Crippen LogP) is 7.29. The van der Waals surface area contributed by atoms with E-state index in [2.05, 4.69) is 45.0 Å². The fourth-order valence-electron chi connectivity index (χ4n) is 4.52. The Morgan fingerprint density at radius 2 is 1.79 bits per heavy atom. The third kappa shape index (κ3) is 7.53. The minimum absolute atomic E-state index is 0.247. The summed E-state index contributed by atoms with van der Waals surface area (Å²) in [5, 5.41) is 7.50. The molecule has 0 aliphatic carbocycles. The smallest absolute Gasteiger partial charge is 0.406 e. The quantitative estimate of drug-likeness (QED) is 0.211. The molecule has 1 unspecified atom stereocenters. The van der Waals surface area contributed by atoms with E-state index in [1.54, 1.807) is 24.3 Å². The first-order chi connectivity index (χ1) is 20.6. The maximum Gasteiger partial charge on any atom is 0.573 e. The largest absolute Gasteiger partial charge is 0.573 e. The van der Waals surface area contributed by atoms with Crippen molar-refractivity contribution in [2.75, 3.05) is 23.7 Å². The predicted molar refractivity (Wildman–Crippen MR) is 158 cm³/mol. The molecule has 1 saturated heterocycles. The maximum atomic E-state index is 15.0. The number of aromatic nitrogens is 3. The molecule has 1 aromatic heterocycles. The van der Waals surface area contributed by atoms with E-state index in [4.69, 9.17) is 0 Å². The average Bonchev–Trinajstić information content (AvgIpc) is 3.66. The summed E-state index contributed by atoms with van der Waals surface area (Å²) in [7, 11) is 0. The number of nitrogens with one attached hydrogen (secondary N) is 1. The second kappa shape index (κ2) is 12.9. The van der Waals surface area contributed by atoms with Crippen LogP contribution in [-0.2, 0) is 0 Å². The number of hydrogen-bond acceptors (Lipinski definition) is 5. The van der Waals surface area contributed by atoms with E-state index < -0.39 is 18.6 Å². The van der Waals surface area contributed by atoms with E-state index in [0.717, 1.165) is 18.0 Å². The third-order valence-electron chi connectivity index (χ3n) is 6.61. The molecule has 4 aromatic rings. The minimum Gasteiger partial charge on any atom is -0.406 e. The Bertz CT molecular complexity index is 1590. The van der Waals surface area contributed by atoms with Gasteiger partial charge >= 0.3 is 12.4 Å². The van der Waals surface area contributed by atoms with Crippen LogP contribution in [0.25, 0.3) is 17.1 Å². The summed E-state index contributed by atoms with van der Waals surface area (Å²) in [4.78, 5) is 23.1. The number of carbonyl (C=O) groups excluding carboxylic acids is 1. The average molecular weight is 613 g/mol. The molecule has 0 radical (unpaired) electrons. The lowest BCUT2D eigenvalue weighted by molar-refractivity contribution is -0.274. The van der Waals surface area contributed by atoms with Crippen LogP contribution in [0.4, 0.5) is 28.0 Å². The number of benzene rings is 3. The molecule has 0 bridgehead atoms. The first-order valence-corrected chi connectivity index (χ1v) is 14.4. The van der Waals surface area contributed by atoms with E-state index in [1.165, 1.54) is 52.6 Å². The van der Waals surface area contributed by atoms with E-state index in [0.29, 0.717) is 33.7 Å². The molecule has 2 amide bonds. The molecule has 1 fully saturated rings. The van der Waals surface area contributed by atoms with Gasteiger partial charge in [-0.1, -0.05) is 68.1 Å². The molecule has 0 spiro atoms. The van der Waals surface area contributed by atoms with Gasteiger partial charge in [-0.3, -0.25) is 0 Å². The van der Waals surface area contributed by atoms with Crippen LogP contribution in [0.1, 0.15) is 37.1 Å². The van der Waals surface area contributed by atoms with Gasteiger partial charge in [0.15, 0.2) is 11.0 Å². The summed E-state index contributed by atoms with van der Waals surface area (Å²) in [6.45, 7) is 4.72. The zero-order valence-electron chi connectivity index (χ0n) is 23.3. The van der Waals surface area contributed by atoms with Crippen LogP contribution in [0.2, 0.25) is 0 Å². The molecule has 3 aromatic carbocycles. The van der Waals surface area contributed by atoms with Crippen molar-refractivity contribution < 1.29 is 27.1 Å². The Morgan fingerprint density at radius 3 is 2.49 bits per heavy atom. The Labute approximate surface area is 249 Å². The van der Waals surface area contributed by atoms with Gasteiger partial charge in [0.25, 0.3) is 0 Å². The summed E-state index contributed by atoms with van der Waals surface area (Å²) in [5.74, 6) is 1.11. The summed E-state index contributed by atoms with van der Waals surface area (Å²) in [6, 6.07) is 19.1. The first kappa shape index (κ1) is 30.1. The molecule has 1 aliphatic rings. The lowest BCUT2D eigenvalue weighted by atomic mass is 10.0. The molecular weight excluding hydrogens is 584 g/mol. The molecule has 1 N–H and O–H groups in total. The lowest BCUT2D eigenvalue weighted by Crippen LogP contribution is -2.29. The number of amidine groups is 1. The Balaban J connectivity index is 1.18. The van der Waals surface area contributed by atoms with Crippen molar-refractivity contribution in [2.45, 2.75) is 32.3 Å². The number of amides is 2. The summed E-state index contributed by atoms with van der Waals surface area (Å²) in [5.41, 5.74) is 3.64. The number of aliphatic imine (C=N–C) groups is 1. The van der Waals surface area contributed by atoms with Gasteiger partial charge in [-0.15, -0.1) is 18.3 Å². The molecule has 13 heteroatoms. The standard InChI is InChI=1S/C30H28F4N6O2S/c1-19(2)24-5-3-4-6-26(24)39-15-16-43-29(39)37-28(41)35-17-25(31)20-7-9-21(10-8-20)27-36-18-40(38-27)22-11-13-23(14-12-22)42-30(32,33)34/h3-14,18-19,25H,15-17H2,1-2H3,(H,35,41). The van der Waals surface area contributed by atoms with Crippen LogP contribution >= 0.6 is 11.8 Å². The summed E-state index contributed by atoms with van der Waals surface area (Å²) < 4.78 is 57.4. The van der Waals surface area contributed by atoms with Gasteiger partial charge in [-0.05, 0) is 47.4 Å². The molecule has 2 heterocycles. The van der Waals surface area contributed by atoms with Gasteiger partial charge in [0.2, 0.25) is 0 Å². The van der Waals surface area contributed by atoms with Gasteiger partial charge < -0.3 is 15.0 Å². The fourth-order valence-corrected chi connectivity index (χ4v) is 5.47. The van der Waals surface area contributed by atoms with Crippen molar-refractivity contribution in [1.29, 1.82) is 0 Å². The maximum absolute atomic E-state index is 15.0. The van der Waals surface area contributed by atoms with Crippen LogP contribution in [0.3, 0.4) is 0 Å². The van der Waals surface area contributed by atoms with Crippen molar-refractivity contribution in [3.8, 4) is 22.8 Å². The zero-order valence-corrected chi connectivity index (χ0v) is 24.1. The van der Waals surface area contributed by atoms with Crippen molar-refractivity contribution in [2.24, 2.45) is 4.99 Å². The summed E-state index contributed by atoms with van der Waals surface area (Å²) >= 11 is 1.49. The number of halogens is 4. The Hall–Kier alpha value is -4.39. The molecule has 0 saturated carbocycles. The lowest BCUT2D eigenvalue weighted by Gasteiger charge is -2.23. The van der Waals surface area contributed by atoms with Crippen LogP contribution in [-0.4, -0.2) is 51.2 Å². The first-order valence-electron chi connectivity index (χ1n) is 13.5. The van der Waals surface area contributed by atoms with E-state index >= 15 is 0 Å². The number of rotatable bonds is 8. The number of thioether (sulfide) groups is 1. The fraction of sp³-hybridized carbons (Fsp3) is 0.267. The summed E-state index contributed by atoms with van der Waals surface area (Å²) in [6.07, 6.45) is -4.82. The molecule has 43 heavy (non-hydrogen) atoms. The molecule has 1 atom stereocenters. The number of carbonyl (C=O) groups is 1. The van der Waals surface area contributed by atoms with Crippen molar-refractivity contribution in [3.05, 3.63) is 90.3 Å². The number of para-hydroxylation sites is 1. The molecular formula is C30H28F4N6O2S. The molecule has 8 nitrogen and oxygen atoms in total. The van der Waals surface area contributed by atoms with E-state index in [1.807, 2.05) is 23.1 Å². The van der Waals surface area contributed by atoms with E-state index in [-0.39, 0.29) is 12.3 Å². The van der Waals surface area contributed by atoms with Crippen LogP contribution in [0, 0.1) is 0 Å². The Kier molecular flexibility index (Phi) is 9.00. The van der Waals surface area contributed by atoms with Crippen molar-refractivity contribution >= 4 is 28.6 Å². The van der Waals surface area contributed by atoms with Gasteiger partial charge in [-0.2, -0.15) is 4.99 Å². The van der Waals surface area contributed by atoms with Crippen LogP contribution in [0.15, 0.2) is 84.1 Å². The zero-order chi connectivity index (χ0) is 30.6. The highest BCUT2D eigenvalue weighted by molar-refractivity contribution is 8.14. The number of alkyl halides is 4. The monoisotopic (exact) mass is 612 g/mol. The van der Waals surface area contributed by atoms with Crippen LogP contribution < -0.4 is 15.0 Å². The minimum atomic E-state index is -4.77. The molecule has 5 rings (SSSR count). The van der Waals surface area contributed by atoms with Crippen molar-refractivity contribution in [3.63, 3.8) is 0 Å². The molecule has 1 aliphatic heterocycles. The molecule has 224 valence electrons. The Morgan fingerprint density at radius 1 is 1.07 bits per heavy atom. The number of nitrogens with zero attached hydrogens (tertiary/aromatic N) is 5. The third-order valence-corrected chi connectivity index (χ3v) is 7.57. The second-order valence-electron chi connectivity index (χ2n) is 9.94. The van der Waals surface area contributed by atoms with Crippen LogP contribution in [0.5, 0.6) is 5.75 Å². The number of ether oxygens (including phenoxy) is 1. The SMILES string of the molecule is CC(C)c1ccccc1N1CCSC1=NC(=O)NCC(F)c1ccc(-c2ncn(-c3ccc(OC(F)(F)F)cc3)n2)cc1. The highest BCUT2D eigenvalue weighted by atomic mass is 32.2. The van der Waals surface area contributed by atoms with Crippen molar-refractivity contribution in [1.82, 2.24) is 20.1 Å². The normalized spacial score (nSPS) is 15.2. The topological polar surface area (TPSA) is 84.6 Å². The highest BCUT2D eigenvalue weighted by Crippen LogP contribution is 2.32. The van der Waals surface area contributed by atoms with E-state index in [9.17, 15) is 22.4 Å².